The van der Waals surface area contributed by atoms with Crippen LogP contribution < -0.4 is 5.32 Å². The van der Waals surface area contributed by atoms with E-state index >= 15 is 0 Å². The van der Waals surface area contributed by atoms with Gasteiger partial charge >= 0.3 is 5.97 Å². The van der Waals surface area contributed by atoms with Crippen molar-refractivity contribution in [2.24, 2.45) is 0 Å². The van der Waals surface area contributed by atoms with Crippen molar-refractivity contribution in [3.63, 3.8) is 0 Å². The summed E-state index contributed by atoms with van der Waals surface area (Å²) < 4.78 is 4.53. The minimum Gasteiger partial charge on any atom is -0.464 e. The molecule has 84 valence electrons. The number of methoxy groups -OCH3 is 1. The van der Waals surface area contributed by atoms with Crippen LogP contribution in [-0.2, 0) is 16.0 Å². The molecule has 1 N–H and O–H groups in total. The molecular formula is C10H11N3O3. The lowest BCUT2D eigenvalue weighted by molar-refractivity contribution is -0.117. The largest absolute Gasteiger partial charge is 0.464 e. The Balaban J connectivity index is 2.27. The average Bonchev–Trinajstić information content (AvgIpc) is 2.70. The topological polar surface area (TPSA) is 81.2 Å². The van der Waals surface area contributed by atoms with Gasteiger partial charge in [0, 0.05) is 6.42 Å². The molecule has 6 nitrogen and oxygen atoms in total. The standard InChI is InChI=1S/C10H11N3O3/c1-5(14)6-3-7-9(12-6)13-8(4-11-7)10(15)16-2/h4,6H,3H2,1-2H3,(H,12,13). The highest BCUT2D eigenvalue weighted by atomic mass is 16.5. The summed E-state index contributed by atoms with van der Waals surface area (Å²) in [6.45, 7) is 1.50. The van der Waals surface area contributed by atoms with Crippen LogP contribution in [0.4, 0.5) is 5.82 Å². The number of hydrogen-bond acceptors (Lipinski definition) is 6. The molecule has 0 aliphatic carbocycles. The van der Waals surface area contributed by atoms with Gasteiger partial charge in [-0.1, -0.05) is 0 Å². The van der Waals surface area contributed by atoms with Gasteiger partial charge in [0.2, 0.25) is 0 Å². The molecule has 0 saturated heterocycles. The zero-order chi connectivity index (χ0) is 11.7. The maximum atomic E-state index is 11.2. The summed E-state index contributed by atoms with van der Waals surface area (Å²) in [6, 6.07) is -0.289. The van der Waals surface area contributed by atoms with E-state index in [2.05, 4.69) is 20.0 Å². The second kappa shape index (κ2) is 3.88. The molecule has 0 bridgehead atoms. The predicted molar refractivity (Wildman–Crippen MR) is 55.2 cm³/mol. The quantitative estimate of drug-likeness (QED) is 0.718. The molecule has 1 aromatic heterocycles. The maximum Gasteiger partial charge on any atom is 0.358 e. The Hall–Kier alpha value is -1.98. The summed E-state index contributed by atoms with van der Waals surface area (Å²) in [6.07, 6.45) is 1.87. The molecule has 1 unspecified atom stereocenters. The van der Waals surface area contributed by atoms with Gasteiger partial charge in [0.15, 0.2) is 11.5 Å². The highest BCUT2D eigenvalue weighted by molar-refractivity contribution is 5.89. The number of nitrogens with zero attached hydrogens (tertiary/aromatic N) is 2. The fourth-order valence-corrected chi connectivity index (χ4v) is 1.54. The van der Waals surface area contributed by atoms with Gasteiger partial charge in [-0.05, 0) is 6.92 Å². The number of Topliss-reactive ketones (excluding diaryl/α,β-unsaturated/α-hetero) is 1. The minimum absolute atomic E-state index is 0.0272. The van der Waals surface area contributed by atoms with Crippen LogP contribution in [0.3, 0.4) is 0 Å². The first-order valence-electron chi connectivity index (χ1n) is 4.83. The van der Waals surface area contributed by atoms with Crippen molar-refractivity contribution >= 4 is 17.6 Å². The zero-order valence-electron chi connectivity index (χ0n) is 8.98. The third-order valence-corrected chi connectivity index (χ3v) is 2.44. The van der Waals surface area contributed by atoms with E-state index in [1.165, 1.54) is 20.2 Å². The molecule has 0 aromatic carbocycles. The highest BCUT2D eigenvalue weighted by Gasteiger charge is 2.27. The summed E-state index contributed by atoms with van der Waals surface area (Å²) in [7, 11) is 1.28. The molecule has 0 fully saturated rings. The molecule has 2 heterocycles. The average molecular weight is 221 g/mol. The smallest absolute Gasteiger partial charge is 0.358 e. The first kappa shape index (κ1) is 10.5. The first-order valence-corrected chi connectivity index (χ1v) is 4.83. The number of aromatic nitrogens is 2. The number of carbonyl (C=O) groups is 2. The van der Waals surface area contributed by atoms with Gasteiger partial charge in [-0.2, -0.15) is 0 Å². The van der Waals surface area contributed by atoms with Crippen LogP contribution in [0, 0.1) is 0 Å². The van der Waals surface area contributed by atoms with Gasteiger partial charge in [-0.15, -0.1) is 0 Å². The fourth-order valence-electron chi connectivity index (χ4n) is 1.54. The summed E-state index contributed by atoms with van der Waals surface area (Å²) >= 11 is 0. The van der Waals surface area contributed by atoms with Gasteiger partial charge in [0.25, 0.3) is 0 Å². The summed E-state index contributed by atoms with van der Waals surface area (Å²) in [4.78, 5) is 30.5. The third kappa shape index (κ3) is 1.73. The highest BCUT2D eigenvalue weighted by Crippen LogP contribution is 2.22. The van der Waals surface area contributed by atoms with E-state index in [-0.39, 0.29) is 17.5 Å². The van der Waals surface area contributed by atoms with E-state index in [0.717, 1.165) is 0 Å². The Morgan fingerprint density at radius 3 is 2.94 bits per heavy atom. The third-order valence-electron chi connectivity index (χ3n) is 2.44. The van der Waals surface area contributed by atoms with Gasteiger partial charge in [-0.25, -0.2) is 9.78 Å². The van der Waals surface area contributed by atoms with Crippen molar-refractivity contribution in [1.82, 2.24) is 9.97 Å². The number of ketones is 1. The number of carbonyl (C=O) groups excluding carboxylic acids is 2. The molecule has 1 aliphatic heterocycles. The van der Waals surface area contributed by atoms with E-state index in [0.29, 0.717) is 17.9 Å². The molecule has 0 radical (unpaired) electrons. The lowest BCUT2D eigenvalue weighted by Crippen LogP contribution is -2.24. The predicted octanol–water partition coefficient (Wildman–Crippen LogP) is 0.189. The number of rotatable bonds is 2. The van der Waals surface area contributed by atoms with E-state index in [9.17, 15) is 9.59 Å². The van der Waals surface area contributed by atoms with Gasteiger partial charge < -0.3 is 10.1 Å². The molecule has 0 saturated carbocycles. The van der Waals surface area contributed by atoms with Crippen LogP contribution in [-0.4, -0.2) is 34.9 Å². The van der Waals surface area contributed by atoms with Crippen LogP contribution in [0.1, 0.15) is 23.1 Å². The Labute approximate surface area is 92.0 Å². The molecule has 16 heavy (non-hydrogen) atoms. The van der Waals surface area contributed by atoms with Crippen molar-refractivity contribution < 1.29 is 14.3 Å². The summed E-state index contributed by atoms with van der Waals surface area (Å²) in [5.41, 5.74) is 0.839. The van der Waals surface area contributed by atoms with Crippen molar-refractivity contribution in [3.8, 4) is 0 Å². The molecule has 1 aliphatic rings. The summed E-state index contributed by atoms with van der Waals surface area (Å²) in [5.74, 6) is -0.0223. The van der Waals surface area contributed by atoms with E-state index in [1.54, 1.807) is 0 Å². The van der Waals surface area contributed by atoms with Crippen molar-refractivity contribution in [1.29, 1.82) is 0 Å². The molecule has 1 atom stereocenters. The number of anilines is 1. The van der Waals surface area contributed by atoms with Crippen LogP contribution in [0.15, 0.2) is 6.20 Å². The van der Waals surface area contributed by atoms with Crippen LogP contribution in [0.25, 0.3) is 0 Å². The van der Waals surface area contributed by atoms with Gasteiger partial charge in [0.05, 0.1) is 25.0 Å². The van der Waals surface area contributed by atoms with E-state index < -0.39 is 5.97 Å². The number of fused-ring (bicyclic) bond motifs is 1. The summed E-state index contributed by atoms with van der Waals surface area (Å²) in [5, 5.41) is 2.92. The Morgan fingerprint density at radius 1 is 1.56 bits per heavy atom. The van der Waals surface area contributed by atoms with Crippen molar-refractivity contribution in [2.75, 3.05) is 12.4 Å². The second-order valence-corrected chi connectivity index (χ2v) is 3.55. The van der Waals surface area contributed by atoms with E-state index in [4.69, 9.17) is 0 Å². The lowest BCUT2D eigenvalue weighted by atomic mass is 10.1. The molecule has 0 spiro atoms. The van der Waals surface area contributed by atoms with Gasteiger partial charge in [-0.3, -0.25) is 9.78 Å². The van der Waals surface area contributed by atoms with Crippen molar-refractivity contribution in [3.05, 3.63) is 17.6 Å². The Morgan fingerprint density at radius 2 is 2.31 bits per heavy atom. The SMILES string of the molecule is COC(=O)c1cnc2c(n1)NC(C(C)=O)C2. The molecule has 0 amide bonds. The maximum absolute atomic E-state index is 11.2. The van der Waals surface area contributed by atoms with E-state index in [1.807, 2.05) is 0 Å². The number of esters is 1. The number of ether oxygens (including phenoxy) is 1. The first-order chi connectivity index (χ1) is 7.61. The van der Waals surface area contributed by atoms with Gasteiger partial charge in [0.1, 0.15) is 5.82 Å². The molecule has 6 heteroatoms. The number of hydrogen-bond donors (Lipinski definition) is 1. The normalized spacial score (nSPS) is 17.5. The molecule has 2 rings (SSSR count). The van der Waals surface area contributed by atoms with Crippen molar-refractivity contribution in [2.45, 2.75) is 19.4 Å². The van der Waals surface area contributed by atoms with Crippen LogP contribution >= 0.6 is 0 Å². The Bertz CT molecular complexity index is 459. The van der Waals surface area contributed by atoms with Crippen LogP contribution in [0.5, 0.6) is 0 Å². The number of nitrogens with one attached hydrogen (secondary N) is 1. The minimum atomic E-state index is -0.539. The molecular weight excluding hydrogens is 210 g/mol. The van der Waals surface area contributed by atoms with Crippen LogP contribution in [0.2, 0.25) is 0 Å². The second-order valence-electron chi connectivity index (χ2n) is 3.55. The zero-order valence-corrected chi connectivity index (χ0v) is 8.98. The fraction of sp³-hybridized carbons (Fsp3) is 0.400. The Kier molecular flexibility index (Phi) is 2.55. The monoisotopic (exact) mass is 221 g/mol. The lowest BCUT2D eigenvalue weighted by Gasteiger charge is -2.04. The molecule has 1 aromatic rings.